The summed E-state index contributed by atoms with van der Waals surface area (Å²) in [6.07, 6.45) is 9.45. The molecule has 1 aromatic heterocycles. The van der Waals surface area contributed by atoms with E-state index in [0.29, 0.717) is 0 Å². The summed E-state index contributed by atoms with van der Waals surface area (Å²) in [7, 11) is 0. The number of quaternary nitrogens is 2. The third-order valence-electron chi connectivity index (χ3n) is 5.88. The van der Waals surface area contributed by atoms with Crippen molar-refractivity contribution in [1.82, 2.24) is 4.98 Å². The molecule has 0 bridgehead atoms. The lowest BCUT2D eigenvalue weighted by atomic mass is 9.99. The highest BCUT2D eigenvalue weighted by Crippen LogP contribution is 2.16. The normalized spacial score (nSPS) is 27.3. The Hall–Kier alpha value is -1.32. The van der Waals surface area contributed by atoms with Crippen LogP contribution in [0.15, 0.2) is 30.5 Å². The third kappa shape index (κ3) is 2.92. The molecule has 2 aromatic rings. The van der Waals surface area contributed by atoms with Crippen LogP contribution in [0, 0.1) is 0 Å². The maximum absolute atomic E-state index is 3.42. The molecule has 0 radical (unpaired) electrons. The molecule has 0 amide bonds. The number of aromatic nitrogens is 1. The van der Waals surface area contributed by atoms with Crippen molar-refractivity contribution in [3.8, 4) is 0 Å². The monoisotopic (exact) mass is 299 g/mol. The topological polar surface area (TPSA) is 24.7 Å². The number of hydrogen-bond acceptors (Lipinski definition) is 0. The summed E-state index contributed by atoms with van der Waals surface area (Å²) in [6.45, 7) is 6.76. The molecule has 0 atom stereocenters. The van der Waals surface area contributed by atoms with Crippen LogP contribution in [-0.4, -0.2) is 37.2 Å². The number of aromatic amines is 1. The van der Waals surface area contributed by atoms with E-state index in [2.05, 4.69) is 35.4 Å². The Balaban J connectivity index is 1.35. The maximum atomic E-state index is 3.42. The second-order valence-electron chi connectivity index (χ2n) is 7.28. The number of nitrogens with one attached hydrogen (secondary N) is 3. The Morgan fingerprint density at radius 2 is 1.73 bits per heavy atom. The van der Waals surface area contributed by atoms with Gasteiger partial charge in [0.1, 0.15) is 6.54 Å². The molecule has 2 aliphatic heterocycles. The average Bonchev–Trinajstić information content (AvgIpc) is 3.00. The summed E-state index contributed by atoms with van der Waals surface area (Å²) in [5.41, 5.74) is 2.78. The van der Waals surface area contributed by atoms with E-state index >= 15 is 0 Å². The summed E-state index contributed by atoms with van der Waals surface area (Å²) in [6, 6.07) is 9.65. The lowest BCUT2D eigenvalue weighted by molar-refractivity contribution is -0.965. The van der Waals surface area contributed by atoms with Crippen LogP contribution in [0.2, 0.25) is 0 Å². The number of benzene rings is 1. The van der Waals surface area contributed by atoms with Gasteiger partial charge in [0.2, 0.25) is 0 Å². The number of likely N-dealkylation sites (tertiary alicyclic amines) is 2. The average molecular weight is 299 g/mol. The number of piperidine rings is 2. The van der Waals surface area contributed by atoms with Crippen LogP contribution in [0.1, 0.15) is 37.7 Å². The molecule has 2 fully saturated rings. The molecule has 2 saturated heterocycles. The zero-order valence-corrected chi connectivity index (χ0v) is 13.5. The van der Waals surface area contributed by atoms with Crippen molar-refractivity contribution < 1.29 is 9.80 Å². The second-order valence-corrected chi connectivity index (χ2v) is 7.28. The van der Waals surface area contributed by atoms with Gasteiger partial charge in [0.05, 0.1) is 32.2 Å². The van der Waals surface area contributed by atoms with Crippen molar-refractivity contribution in [2.24, 2.45) is 0 Å². The highest BCUT2D eigenvalue weighted by atomic mass is 15.2. The van der Waals surface area contributed by atoms with Crippen LogP contribution in [0.5, 0.6) is 0 Å². The van der Waals surface area contributed by atoms with Gasteiger partial charge in [-0.1, -0.05) is 18.2 Å². The highest BCUT2D eigenvalue weighted by Gasteiger charge is 2.30. The molecule has 3 nitrogen and oxygen atoms in total. The Morgan fingerprint density at radius 1 is 0.955 bits per heavy atom. The standard InChI is InChI=1S/C19H27N3/c1-4-10-22(11-5-1)17-8-12-21(13-9-17)15-16-14-20-19-7-3-2-6-18(16)19/h2-3,6-7,14,17,20H,1,4-5,8-13,15H2/p+2. The van der Waals surface area contributed by atoms with Gasteiger partial charge >= 0.3 is 0 Å². The Labute approximate surface area is 133 Å². The minimum absolute atomic E-state index is 0.951. The zero-order chi connectivity index (χ0) is 14.8. The Bertz CT molecular complexity index is 604. The molecular formula is C19H29N3+2. The first-order valence-electron chi connectivity index (χ1n) is 9.13. The van der Waals surface area contributed by atoms with Crippen LogP contribution < -0.4 is 9.80 Å². The quantitative estimate of drug-likeness (QED) is 0.747. The van der Waals surface area contributed by atoms with Gasteiger partial charge in [-0.25, -0.2) is 0 Å². The lowest BCUT2D eigenvalue weighted by Crippen LogP contribution is -3.20. The molecule has 22 heavy (non-hydrogen) atoms. The molecule has 1 aromatic carbocycles. The largest absolute Gasteiger partial charge is 0.361 e. The molecule has 2 aliphatic rings. The Morgan fingerprint density at radius 3 is 2.55 bits per heavy atom. The summed E-state index contributed by atoms with van der Waals surface area (Å²) >= 11 is 0. The van der Waals surface area contributed by atoms with E-state index in [0.717, 1.165) is 6.04 Å². The maximum Gasteiger partial charge on any atom is 0.105 e. The van der Waals surface area contributed by atoms with E-state index in [-0.39, 0.29) is 0 Å². The van der Waals surface area contributed by atoms with E-state index in [9.17, 15) is 0 Å². The fraction of sp³-hybridized carbons (Fsp3) is 0.579. The zero-order valence-electron chi connectivity index (χ0n) is 13.5. The first-order valence-corrected chi connectivity index (χ1v) is 9.13. The first-order chi connectivity index (χ1) is 10.9. The number of para-hydroxylation sites is 1. The fourth-order valence-corrected chi connectivity index (χ4v) is 4.57. The van der Waals surface area contributed by atoms with Crippen LogP contribution in [-0.2, 0) is 6.54 Å². The predicted molar refractivity (Wildman–Crippen MR) is 90.3 cm³/mol. The summed E-state index contributed by atoms with van der Waals surface area (Å²) in [5, 5.41) is 1.42. The molecule has 0 unspecified atom stereocenters. The minimum atomic E-state index is 0.951. The lowest BCUT2D eigenvalue weighted by Gasteiger charge is -2.36. The van der Waals surface area contributed by atoms with Crippen LogP contribution >= 0.6 is 0 Å². The minimum Gasteiger partial charge on any atom is -0.361 e. The van der Waals surface area contributed by atoms with E-state index in [1.54, 1.807) is 4.90 Å². The van der Waals surface area contributed by atoms with Crippen molar-refractivity contribution in [2.75, 3.05) is 26.2 Å². The van der Waals surface area contributed by atoms with Crippen molar-refractivity contribution in [3.63, 3.8) is 0 Å². The summed E-state index contributed by atoms with van der Waals surface area (Å²) in [4.78, 5) is 7.11. The molecule has 0 spiro atoms. The highest BCUT2D eigenvalue weighted by molar-refractivity contribution is 5.82. The van der Waals surface area contributed by atoms with Crippen molar-refractivity contribution in [3.05, 3.63) is 36.0 Å². The van der Waals surface area contributed by atoms with E-state index in [4.69, 9.17) is 0 Å². The SMILES string of the molecule is c1ccc2c(C[NH+]3CCC([NH+]4CCCCC4)CC3)c[nH]c2c1. The van der Waals surface area contributed by atoms with Gasteiger partial charge in [0.15, 0.2) is 0 Å². The van der Waals surface area contributed by atoms with Crippen LogP contribution in [0.25, 0.3) is 10.9 Å². The molecule has 3 N–H and O–H groups in total. The van der Waals surface area contributed by atoms with Crippen molar-refractivity contribution in [1.29, 1.82) is 0 Å². The van der Waals surface area contributed by atoms with Crippen molar-refractivity contribution >= 4 is 10.9 Å². The third-order valence-corrected chi connectivity index (χ3v) is 5.88. The number of H-pyrrole nitrogens is 1. The molecule has 0 saturated carbocycles. The van der Waals surface area contributed by atoms with E-state index in [1.165, 1.54) is 81.3 Å². The molecular weight excluding hydrogens is 270 g/mol. The smallest absolute Gasteiger partial charge is 0.105 e. The Kier molecular flexibility index (Phi) is 4.17. The molecule has 3 heterocycles. The van der Waals surface area contributed by atoms with Crippen LogP contribution in [0.4, 0.5) is 0 Å². The second kappa shape index (κ2) is 6.43. The fourth-order valence-electron chi connectivity index (χ4n) is 4.57. The van der Waals surface area contributed by atoms with E-state index < -0.39 is 0 Å². The van der Waals surface area contributed by atoms with E-state index in [1.807, 2.05) is 4.90 Å². The molecule has 4 rings (SSSR count). The predicted octanol–water partition coefficient (Wildman–Crippen LogP) is 0.784. The molecule has 0 aliphatic carbocycles. The summed E-state index contributed by atoms with van der Waals surface area (Å²) in [5.74, 6) is 0. The number of fused-ring (bicyclic) bond motifs is 1. The van der Waals surface area contributed by atoms with Gasteiger partial charge in [-0.2, -0.15) is 0 Å². The van der Waals surface area contributed by atoms with Gasteiger partial charge in [0, 0.05) is 35.5 Å². The van der Waals surface area contributed by atoms with Gasteiger partial charge in [-0.15, -0.1) is 0 Å². The van der Waals surface area contributed by atoms with Gasteiger partial charge < -0.3 is 14.8 Å². The number of rotatable bonds is 3. The van der Waals surface area contributed by atoms with Gasteiger partial charge in [-0.05, 0) is 25.3 Å². The van der Waals surface area contributed by atoms with Crippen molar-refractivity contribution in [2.45, 2.75) is 44.7 Å². The van der Waals surface area contributed by atoms with Gasteiger partial charge in [0.25, 0.3) is 0 Å². The van der Waals surface area contributed by atoms with Crippen LogP contribution in [0.3, 0.4) is 0 Å². The first kappa shape index (κ1) is 14.3. The molecule has 118 valence electrons. The molecule has 3 heteroatoms. The number of hydrogen-bond donors (Lipinski definition) is 3. The summed E-state index contributed by atoms with van der Waals surface area (Å²) < 4.78 is 0. The van der Waals surface area contributed by atoms with Gasteiger partial charge in [-0.3, -0.25) is 0 Å².